The van der Waals surface area contributed by atoms with E-state index in [1.165, 1.54) is 0 Å². The van der Waals surface area contributed by atoms with Crippen molar-refractivity contribution in [2.45, 2.75) is 32.6 Å². The molecule has 1 saturated heterocycles. The van der Waals surface area contributed by atoms with Crippen LogP contribution in [0.2, 0.25) is 0 Å². The van der Waals surface area contributed by atoms with E-state index in [0.717, 1.165) is 31.9 Å². The summed E-state index contributed by atoms with van der Waals surface area (Å²) in [5, 5.41) is 15.3. The number of nitrogens with zero attached hydrogens (tertiary/aromatic N) is 4. The van der Waals surface area contributed by atoms with Crippen LogP contribution in [-0.4, -0.2) is 64.9 Å². The van der Waals surface area contributed by atoms with E-state index in [1.807, 2.05) is 6.07 Å². The molecular weight excluding hydrogens is 278 g/mol. The van der Waals surface area contributed by atoms with Crippen molar-refractivity contribution in [3.05, 3.63) is 11.8 Å². The van der Waals surface area contributed by atoms with Gasteiger partial charge in [0.15, 0.2) is 5.82 Å². The second kappa shape index (κ2) is 6.48. The zero-order valence-electron chi connectivity index (χ0n) is 14.0. The van der Waals surface area contributed by atoms with Crippen LogP contribution in [-0.2, 0) is 5.41 Å². The van der Waals surface area contributed by atoms with Gasteiger partial charge in [0, 0.05) is 43.4 Å². The molecule has 1 aliphatic rings. The van der Waals surface area contributed by atoms with Crippen LogP contribution in [0.15, 0.2) is 11.1 Å². The molecule has 0 amide bonds. The quantitative estimate of drug-likeness (QED) is 0.579. The number of hydrogen-bond acceptors (Lipinski definition) is 4. The summed E-state index contributed by atoms with van der Waals surface area (Å²) in [6, 6.07) is 1.91. The lowest BCUT2D eigenvalue weighted by molar-refractivity contribution is 0.213. The fourth-order valence-electron chi connectivity index (χ4n) is 2.30. The molecule has 7 heteroatoms. The molecule has 0 unspecified atom stereocenters. The van der Waals surface area contributed by atoms with Crippen molar-refractivity contribution in [1.29, 1.82) is 5.41 Å². The Morgan fingerprint density at radius 2 is 2.00 bits per heavy atom. The van der Waals surface area contributed by atoms with E-state index in [1.54, 1.807) is 0 Å². The number of piperazine rings is 1. The van der Waals surface area contributed by atoms with Crippen LogP contribution < -0.4 is 5.73 Å². The minimum Gasteiger partial charge on any atom is -0.387 e. The molecule has 0 radical (unpaired) electrons. The molecule has 2 rings (SSSR count). The summed E-state index contributed by atoms with van der Waals surface area (Å²) >= 11 is 0. The summed E-state index contributed by atoms with van der Waals surface area (Å²) in [7, 11) is 2.10. The topological polar surface area (TPSA) is 97.4 Å². The van der Waals surface area contributed by atoms with Gasteiger partial charge in [-0.05, 0) is 7.05 Å². The van der Waals surface area contributed by atoms with E-state index in [4.69, 9.17) is 11.1 Å². The Hall–Kier alpha value is -1.89. The van der Waals surface area contributed by atoms with Crippen molar-refractivity contribution in [3.8, 4) is 0 Å². The van der Waals surface area contributed by atoms with Gasteiger partial charge < -0.3 is 15.5 Å². The molecule has 2 heterocycles. The first-order valence-electron chi connectivity index (χ1n) is 7.65. The van der Waals surface area contributed by atoms with Gasteiger partial charge in [0.25, 0.3) is 0 Å². The highest BCUT2D eigenvalue weighted by Crippen LogP contribution is 2.23. The average molecular weight is 305 g/mol. The standard InChI is InChI=1S/C15H27N7/c1-15(2,3)11-9-14(20-19-11)18-12(16)10-13(17)22-7-5-21(4)6-8-22/h9,17H,5-8,10H2,1-4H3,(H3,16,18,19,20). The predicted molar refractivity (Wildman–Crippen MR) is 90.0 cm³/mol. The first kappa shape index (κ1) is 16.5. The summed E-state index contributed by atoms with van der Waals surface area (Å²) in [6.07, 6.45) is 0.363. The number of aromatic amines is 1. The summed E-state index contributed by atoms with van der Waals surface area (Å²) in [5.74, 6) is 1.53. The molecule has 0 aliphatic carbocycles. The van der Waals surface area contributed by atoms with E-state index in [0.29, 0.717) is 23.9 Å². The number of aliphatic imine (C=N–C) groups is 1. The molecule has 22 heavy (non-hydrogen) atoms. The third-order valence-corrected chi connectivity index (χ3v) is 3.86. The van der Waals surface area contributed by atoms with Crippen LogP contribution in [0.25, 0.3) is 0 Å². The van der Waals surface area contributed by atoms with Crippen molar-refractivity contribution in [3.63, 3.8) is 0 Å². The van der Waals surface area contributed by atoms with E-state index in [2.05, 4.69) is 52.8 Å². The van der Waals surface area contributed by atoms with Crippen LogP contribution in [0.4, 0.5) is 5.82 Å². The predicted octanol–water partition coefficient (Wildman–Crippen LogP) is 1.31. The molecule has 0 spiro atoms. The number of amidine groups is 2. The Labute approximate surface area is 132 Å². The summed E-state index contributed by atoms with van der Waals surface area (Å²) < 4.78 is 0. The SMILES string of the molecule is CN1CCN(C(=N)CC(N)=Nc2cc(C(C)(C)C)[nH]n2)CC1. The average Bonchev–Trinajstić information content (AvgIpc) is 2.87. The lowest BCUT2D eigenvalue weighted by Crippen LogP contribution is -2.47. The van der Waals surface area contributed by atoms with Gasteiger partial charge in [-0.15, -0.1) is 0 Å². The molecule has 122 valence electrons. The first-order valence-corrected chi connectivity index (χ1v) is 7.65. The number of likely N-dealkylation sites (N-methyl/N-ethyl adjacent to an activating group) is 1. The normalized spacial score (nSPS) is 17.8. The Kier molecular flexibility index (Phi) is 4.85. The fraction of sp³-hybridized carbons (Fsp3) is 0.667. The Morgan fingerprint density at radius 3 is 2.55 bits per heavy atom. The third kappa shape index (κ3) is 4.30. The molecule has 0 saturated carbocycles. The zero-order chi connectivity index (χ0) is 16.3. The van der Waals surface area contributed by atoms with Crippen LogP contribution in [0.1, 0.15) is 32.9 Å². The third-order valence-electron chi connectivity index (χ3n) is 3.86. The second-order valence-corrected chi connectivity index (χ2v) is 6.91. The molecule has 1 fully saturated rings. The summed E-state index contributed by atoms with van der Waals surface area (Å²) in [5.41, 5.74) is 7.00. The second-order valence-electron chi connectivity index (χ2n) is 6.91. The summed E-state index contributed by atoms with van der Waals surface area (Å²) in [4.78, 5) is 8.64. The largest absolute Gasteiger partial charge is 0.387 e. The maximum absolute atomic E-state index is 8.17. The molecule has 1 aromatic heterocycles. The highest BCUT2D eigenvalue weighted by Gasteiger charge is 2.18. The maximum Gasteiger partial charge on any atom is 0.175 e. The Morgan fingerprint density at radius 1 is 1.36 bits per heavy atom. The van der Waals surface area contributed by atoms with Gasteiger partial charge >= 0.3 is 0 Å². The molecule has 1 aliphatic heterocycles. The van der Waals surface area contributed by atoms with Gasteiger partial charge in [-0.3, -0.25) is 10.5 Å². The molecule has 7 nitrogen and oxygen atoms in total. The van der Waals surface area contributed by atoms with Crippen molar-refractivity contribution in [2.24, 2.45) is 10.7 Å². The highest BCUT2D eigenvalue weighted by atomic mass is 15.3. The lowest BCUT2D eigenvalue weighted by Gasteiger charge is -2.34. The van der Waals surface area contributed by atoms with Gasteiger partial charge in [-0.25, -0.2) is 4.99 Å². The van der Waals surface area contributed by atoms with E-state index >= 15 is 0 Å². The first-order chi connectivity index (χ1) is 10.3. The van der Waals surface area contributed by atoms with Crippen molar-refractivity contribution in [1.82, 2.24) is 20.0 Å². The van der Waals surface area contributed by atoms with Gasteiger partial charge in [0.2, 0.25) is 0 Å². The van der Waals surface area contributed by atoms with Crippen molar-refractivity contribution >= 4 is 17.5 Å². The minimum absolute atomic E-state index is 0.00205. The van der Waals surface area contributed by atoms with Gasteiger partial charge in [0.1, 0.15) is 11.7 Å². The van der Waals surface area contributed by atoms with Crippen LogP contribution in [0, 0.1) is 5.41 Å². The lowest BCUT2D eigenvalue weighted by atomic mass is 9.92. The van der Waals surface area contributed by atoms with Crippen LogP contribution in [0.3, 0.4) is 0 Å². The van der Waals surface area contributed by atoms with Gasteiger partial charge in [-0.1, -0.05) is 20.8 Å². The van der Waals surface area contributed by atoms with Crippen LogP contribution in [0.5, 0.6) is 0 Å². The molecule has 0 aromatic carbocycles. The number of nitrogens with one attached hydrogen (secondary N) is 2. The van der Waals surface area contributed by atoms with Crippen LogP contribution >= 0.6 is 0 Å². The Balaban J connectivity index is 1.95. The Bertz CT molecular complexity index is 544. The highest BCUT2D eigenvalue weighted by molar-refractivity contribution is 6.01. The molecule has 4 N–H and O–H groups in total. The van der Waals surface area contributed by atoms with Gasteiger partial charge in [-0.2, -0.15) is 5.10 Å². The number of H-pyrrole nitrogens is 1. The van der Waals surface area contributed by atoms with Crippen molar-refractivity contribution in [2.75, 3.05) is 33.2 Å². The molecule has 0 atom stereocenters. The number of rotatable bonds is 3. The monoisotopic (exact) mass is 305 g/mol. The van der Waals surface area contributed by atoms with Gasteiger partial charge in [0.05, 0.1) is 6.42 Å². The minimum atomic E-state index is 0.00205. The van der Waals surface area contributed by atoms with E-state index < -0.39 is 0 Å². The van der Waals surface area contributed by atoms with Crippen molar-refractivity contribution < 1.29 is 0 Å². The maximum atomic E-state index is 8.17. The zero-order valence-corrected chi connectivity index (χ0v) is 14.0. The molecular formula is C15H27N7. The number of nitrogens with two attached hydrogens (primary N) is 1. The fourth-order valence-corrected chi connectivity index (χ4v) is 2.30. The smallest absolute Gasteiger partial charge is 0.175 e. The number of aromatic nitrogens is 2. The number of hydrogen-bond donors (Lipinski definition) is 3. The van der Waals surface area contributed by atoms with E-state index in [-0.39, 0.29) is 5.41 Å². The molecule has 1 aromatic rings. The molecule has 0 bridgehead atoms. The summed E-state index contributed by atoms with van der Waals surface area (Å²) in [6.45, 7) is 10.0. The van der Waals surface area contributed by atoms with E-state index in [9.17, 15) is 0 Å².